The van der Waals surface area contributed by atoms with Gasteiger partial charge in [0.05, 0.1) is 11.3 Å². The van der Waals surface area contributed by atoms with Crippen LogP contribution in [0.4, 0.5) is 5.69 Å². The minimum absolute atomic E-state index is 0.0128. The maximum atomic E-state index is 13.7. The number of piperidine rings is 1. The van der Waals surface area contributed by atoms with Crippen molar-refractivity contribution >= 4 is 23.1 Å². The van der Waals surface area contributed by atoms with Crippen molar-refractivity contribution < 1.29 is 14.7 Å². The number of likely N-dealkylation sites (tertiary alicyclic amines) is 1. The SMILES string of the molecule is Cc1ccc(C2=C(N3CCCC(CO)C3)C(=O)N(c3ccc(C(C)(C)C)cc3)C2=O)cc1. The van der Waals surface area contributed by atoms with Crippen molar-refractivity contribution in [3.8, 4) is 0 Å². The molecule has 2 aromatic carbocycles. The van der Waals surface area contributed by atoms with Gasteiger partial charge in [0.1, 0.15) is 5.70 Å². The second kappa shape index (κ2) is 8.55. The number of benzene rings is 2. The number of rotatable bonds is 4. The van der Waals surface area contributed by atoms with E-state index in [0.717, 1.165) is 29.5 Å². The summed E-state index contributed by atoms with van der Waals surface area (Å²) in [6, 6.07) is 15.4. The lowest BCUT2D eigenvalue weighted by Gasteiger charge is -2.34. The number of aliphatic hydroxyl groups is 1. The monoisotopic (exact) mass is 432 g/mol. The van der Waals surface area contributed by atoms with Crippen molar-refractivity contribution in [2.24, 2.45) is 5.92 Å². The van der Waals surface area contributed by atoms with Gasteiger partial charge >= 0.3 is 0 Å². The number of amides is 2. The van der Waals surface area contributed by atoms with E-state index in [1.807, 2.05) is 60.4 Å². The lowest BCUT2D eigenvalue weighted by Crippen LogP contribution is -2.40. The molecule has 168 valence electrons. The number of imide groups is 1. The summed E-state index contributed by atoms with van der Waals surface area (Å²) in [6.45, 7) is 9.78. The summed E-state index contributed by atoms with van der Waals surface area (Å²) >= 11 is 0. The molecule has 4 rings (SSSR count). The molecule has 32 heavy (non-hydrogen) atoms. The molecule has 0 bridgehead atoms. The highest BCUT2D eigenvalue weighted by molar-refractivity contribution is 6.45. The van der Waals surface area contributed by atoms with Crippen LogP contribution in [-0.2, 0) is 15.0 Å². The molecular weight excluding hydrogens is 400 g/mol. The fourth-order valence-corrected chi connectivity index (χ4v) is 4.55. The van der Waals surface area contributed by atoms with E-state index < -0.39 is 0 Å². The maximum absolute atomic E-state index is 13.7. The van der Waals surface area contributed by atoms with Crippen LogP contribution in [0.2, 0.25) is 0 Å². The molecule has 5 nitrogen and oxygen atoms in total. The molecular formula is C27H32N2O3. The van der Waals surface area contributed by atoms with Gasteiger partial charge in [0.2, 0.25) is 0 Å². The minimum Gasteiger partial charge on any atom is -0.396 e. The van der Waals surface area contributed by atoms with Crippen LogP contribution in [0.1, 0.15) is 50.3 Å². The van der Waals surface area contributed by atoms with Gasteiger partial charge < -0.3 is 10.0 Å². The summed E-state index contributed by atoms with van der Waals surface area (Å²) in [5, 5.41) is 9.70. The van der Waals surface area contributed by atoms with Gasteiger partial charge in [-0.15, -0.1) is 0 Å². The molecule has 0 radical (unpaired) electrons. The van der Waals surface area contributed by atoms with Crippen molar-refractivity contribution in [3.05, 3.63) is 70.9 Å². The average Bonchev–Trinajstić information content (AvgIpc) is 3.04. The second-order valence-electron chi connectivity index (χ2n) is 9.97. The Bertz CT molecular complexity index is 1050. The van der Waals surface area contributed by atoms with Crippen LogP contribution < -0.4 is 4.90 Å². The number of carbonyl (C=O) groups excluding carboxylic acids is 2. The zero-order chi connectivity index (χ0) is 23.0. The van der Waals surface area contributed by atoms with Crippen LogP contribution in [0, 0.1) is 12.8 Å². The molecule has 2 heterocycles. The molecule has 1 unspecified atom stereocenters. The Balaban J connectivity index is 1.77. The average molecular weight is 433 g/mol. The Hall–Kier alpha value is -2.92. The van der Waals surface area contributed by atoms with Gasteiger partial charge in [0.15, 0.2) is 0 Å². The molecule has 2 aromatic rings. The van der Waals surface area contributed by atoms with E-state index in [1.54, 1.807) is 0 Å². The van der Waals surface area contributed by atoms with Gasteiger partial charge in [-0.2, -0.15) is 0 Å². The number of hydrogen-bond donors (Lipinski definition) is 1. The lowest BCUT2D eigenvalue weighted by molar-refractivity contribution is -0.120. The normalized spacial score (nSPS) is 19.8. The smallest absolute Gasteiger partial charge is 0.282 e. The van der Waals surface area contributed by atoms with E-state index in [9.17, 15) is 14.7 Å². The summed E-state index contributed by atoms with van der Waals surface area (Å²) in [5.41, 5.74) is 4.48. The highest BCUT2D eigenvalue weighted by Gasteiger charge is 2.43. The van der Waals surface area contributed by atoms with Gasteiger partial charge in [0.25, 0.3) is 11.8 Å². The predicted octanol–water partition coefficient (Wildman–Crippen LogP) is 4.28. The number of nitrogens with zero attached hydrogens (tertiary/aromatic N) is 2. The molecule has 2 aliphatic heterocycles. The van der Waals surface area contributed by atoms with Crippen molar-refractivity contribution in [1.29, 1.82) is 0 Å². The Labute approximate surface area is 190 Å². The number of carbonyl (C=O) groups is 2. The number of aryl methyl sites for hydroxylation is 1. The second-order valence-corrected chi connectivity index (χ2v) is 9.97. The molecule has 1 saturated heterocycles. The highest BCUT2D eigenvalue weighted by atomic mass is 16.3. The van der Waals surface area contributed by atoms with E-state index in [0.29, 0.717) is 30.0 Å². The van der Waals surface area contributed by atoms with Crippen LogP contribution in [-0.4, -0.2) is 41.5 Å². The first kappa shape index (κ1) is 22.3. The molecule has 2 amide bonds. The summed E-state index contributed by atoms with van der Waals surface area (Å²) in [7, 11) is 0. The molecule has 1 fully saturated rings. The Morgan fingerprint density at radius 3 is 2.22 bits per heavy atom. The molecule has 5 heteroatoms. The highest BCUT2D eigenvalue weighted by Crippen LogP contribution is 2.37. The number of hydrogen-bond acceptors (Lipinski definition) is 4. The lowest BCUT2D eigenvalue weighted by atomic mass is 9.87. The first-order valence-electron chi connectivity index (χ1n) is 11.4. The number of anilines is 1. The molecule has 1 atom stereocenters. The van der Waals surface area contributed by atoms with E-state index in [2.05, 4.69) is 20.8 Å². The Kier molecular flexibility index (Phi) is 5.95. The third-order valence-corrected chi connectivity index (χ3v) is 6.48. The molecule has 0 spiro atoms. The summed E-state index contributed by atoms with van der Waals surface area (Å²) in [5.74, 6) is -0.463. The van der Waals surface area contributed by atoms with E-state index in [4.69, 9.17) is 0 Å². The minimum atomic E-state index is -0.288. The van der Waals surface area contributed by atoms with Crippen LogP contribution in [0.5, 0.6) is 0 Å². The van der Waals surface area contributed by atoms with Crippen LogP contribution in [0.25, 0.3) is 5.57 Å². The van der Waals surface area contributed by atoms with E-state index in [-0.39, 0.29) is 29.8 Å². The molecule has 1 N–H and O–H groups in total. The topological polar surface area (TPSA) is 60.9 Å². The summed E-state index contributed by atoms with van der Waals surface area (Å²) in [6.07, 6.45) is 1.82. The van der Waals surface area contributed by atoms with Gasteiger partial charge in [-0.3, -0.25) is 9.59 Å². The largest absolute Gasteiger partial charge is 0.396 e. The molecule has 0 aromatic heterocycles. The van der Waals surface area contributed by atoms with Crippen molar-refractivity contribution in [1.82, 2.24) is 4.90 Å². The Morgan fingerprint density at radius 1 is 0.969 bits per heavy atom. The van der Waals surface area contributed by atoms with Crippen molar-refractivity contribution in [2.45, 2.75) is 46.0 Å². The fraction of sp³-hybridized carbons (Fsp3) is 0.407. The van der Waals surface area contributed by atoms with Crippen LogP contribution >= 0.6 is 0 Å². The molecule has 0 saturated carbocycles. The van der Waals surface area contributed by atoms with Crippen molar-refractivity contribution in [2.75, 3.05) is 24.6 Å². The molecule has 0 aliphatic carbocycles. The maximum Gasteiger partial charge on any atom is 0.282 e. The first-order valence-corrected chi connectivity index (χ1v) is 11.4. The third kappa shape index (κ3) is 4.09. The van der Waals surface area contributed by atoms with Crippen LogP contribution in [0.3, 0.4) is 0 Å². The third-order valence-electron chi connectivity index (χ3n) is 6.48. The standard InChI is InChI=1S/C27H32N2O3/c1-18-7-9-20(10-8-18)23-24(28-15-5-6-19(16-28)17-30)26(32)29(25(23)31)22-13-11-21(12-14-22)27(2,3)4/h7-14,19,30H,5-6,15-17H2,1-4H3. The van der Waals surface area contributed by atoms with E-state index >= 15 is 0 Å². The van der Waals surface area contributed by atoms with Gasteiger partial charge in [-0.05, 0) is 54.4 Å². The van der Waals surface area contributed by atoms with Gasteiger partial charge in [-0.1, -0.05) is 62.7 Å². The van der Waals surface area contributed by atoms with E-state index in [1.165, 1.54) is 4.90 Å². The summed E-state index contributed by atoms with van der Waals surface area (Å²) < 4.78 is 0. The van der Waals surface area contributed by atoms with Gasteiger partial charge in [-0.25, -0.2) is 4.90 Å². The molecule has 2 aliphatic rings. The Morgan fingerprint density at radius 2 is 1.62 bits per heavy atom. The zero-order valence-electron chi connectivity index (χ0n) is 19.4. The van der Waals surface area contributed by atoms with Crippen LogP contribution in [0.15, 0.2) is 54.2 Å². The fourth-order valence-electron chi connectivity index (χ4n) is 4.55. The van der Waals surface area contributed by atoms with Gasteiger partial charge in [0, 0.05) is 19.7 Å². The summed E-state index contributed by atoms with van der Waals surface area (Å²) in [4.78, 5) is 30.7. The first-order chi connectivity index (χ1) is 15.2. The number of aliphatic hydroxyl groups excluding tert-OH is 1. The zero-order valence-corrected chi connectivity index (χ0v) is 19.4. The predicted molar refractivity (Wildman–Crippen MR) is 127 cm³/mol. The van der Waals surface area contributed by atoms with Crippen molar-refractivity contribution in [3.63, 3.8) is 0 Å². The quantitative estimate of drug-likeness (QED) is 0.733.